The van der Waals surface area contributed by atoms with Crippen LogP contribution in [0.3, 0.4) is 0 Å². The molecule has 1 aliphatic rings. The number of pyridine rings is 1. The van der Waals surface area contributed by atoms with E-state index in [0.29, 0.717) is 6.54 Å². The molecule has 0 saturated heterocycles. The predicted octanol–water partition coefficient (Wildman–Crippen LogP) is 0.509. The summed E-state index contributed by atoms with van der Waals surface area (Å²) in [5, 5.41) is 4.29. The van der Waals surface area contributed by atoms with Gasteiger partial charge in [-0.3, -0.25) is 9.69 Å². The van der Waals surface area contributed by atoms with Gasteiger partial charge in [-0.2, -0.15) is 0 Å². The number of amides is 1. The Labute approximate surface area is 137 Å². The van der Waals surface area contributed by atoms with Crippen molar-refractivity contribution in [2.45, 2.75) is 20.3 Å². The SMILES string of the molecule is CC[NH+](CC)CC(=O)Nc1c2c([nH+]c3ccccc13)N(C)CC2. The summed E-state index contributed by atoms with van der Waals surface area (Å²) in [6, 6.07) is 8.18. The molecule has 1 aromatic heterocycles. The van der Waals surface area contributed by atoms with Gasteiger partial charge < -0.3 is 10.2 Å². The molecule has 0 atom stereocenters. The van der Waals surface area contributed by atoms with E-state index in [1.54, 1.807) is 0 Å². The predicted molar refractivity (Wildman–Crippen MR) is 93.0 cm³/mol. The van der Waals surface area contributed by atoms with Crippen molar-refractivity contribution in [3.05, 3.63) is 29.8 Å². The Kier molecular flexibility index (Phi) is 4.48. The largest absolute Gasteiger partial charge is 0.328 e. The maximum Gasteiger partial charge on any atom is 0.280 e. The number of rotatable bonds is 5. The third-order valence-corrected chi connectivity index (χ3v) is 4.79. The monoisotopic (exact) mass is 314 g/mol. The van der Waals surface area contributed by atoms with Crippen molar-refractivity contribution < 1.29 is 14.7 Å². The molecular formula is C18H26N4O+2. The van der Waals surface area contributed by atoms with E-state index < -0.39 is 0 Å². The minimum absolute atomic E-state index is 0.0943. The zero-order valence-corrected chi connectivity index (χ0v) is 14.2. The third kappa shape index (κ3) is 3.01. The first-order valence-electron chi connectivity index (χ1n) is 8.45. The summed E-state index contributed by atoms with van der Waals surface area (Å²) in [5.74, 6) is 1.21. The molecule has 3 N–H and O–H groups in total. The summed E-state index contributed by atoms with van der Waals surface area (Å²) in [6.07, 6.45) is 0.959. The first-order chi connectivity index (χ1) is 11.1. The van der Waals surface area contributed by atoms with E-state index in [9.17, 15) is 4.79 Å². The molecule has 0 saturated carbocycles. The van der Waals surface area contributed by atoms with E-state index >= 15 is 0 Å². The number of nitrogens with zero attached hydrogens (tertiary/aromatic N) is 1. The standard InChI is InChI=1S/C18H24N4O/c1-4-22(5-2)12-16(23)20-17-13-8-6-7-9-15(13)19-18-14(17)10-11-21(18)3/h6-9H,4-5,10-12H2,1-3H3,(H,19,20,23)/p+2. The van der Waals surface area contributed by atoms with Crippen molar-refractivity contribution in [1.29, 1.82) is 0 Å². The van der Waals surface area contributed by atoms with E-state index in [4.69, 9.17) is 0 Å². The van der Waals surface area contributed by atoms with Crippen LogP contribution in [0.4, 0.5) is 11.5 Å². The number of carbonyl (C=O) groups is 1. The number of aromatic nitrogens is 1. The van der Waals surface area contributed by atoms with E-state index in [2.05, 4.69) is 48.2 Å². The van der Waals surface area contributed by atoms with Crippen molar-refractivity contribution in [2.24, 2.45) is 0 Å². The van der Waals surface area contributed by atoms with Crippen LogP contribution in [0.15, 0.2) is 24.3 Å². The fraction of sp³-hybridized carbons (Fsp3) is 0.444. The summed E-state index contributed by atoms with van der Waals surface area (Å²) in [4.78, 5) is 19.5. The number of likely N-dealkylation sites (N-methyl/N-ethyl adjacent to an activating group) is 2. The van der Waals surface area contributed by atoms with Crippen LogP contribution >= 0.6 is 0 Å². The molecule has 0 bridgehead atoms. The molecule has 5 heteroatoms. The fourth-order valence-electron chi connectivity index (χ4n) is 3.31. The number of hydrogen-bond acceptors (Lipinski definition) is 2. The Morgan fingerprint density at radius 2 is 2.04 bits per heavy atom. The van der Waals surface area contributed by atoms with Crippen molar-refractivity contribution >= 4 is 28.3 Å². The summed E-state index contributed by atoms with van der Waals surface area (Å²) in [6.45, 7) is 7.66. The Bertz CT molecular complexity index is 724. The third-order valence-electron chi connectivity index (χ3n) is 4.79. The lowest BCUT2D eigenvalue weighted by molar-refractivity contribution is -0.888. The number of nitrogens with one attached hydrogen (secondary N) is 3. The molecule has 5 nitrogen and oxygen atoms in total. The van der Waals surface area contributed by atoms with Crippen LogP contribution in [-0.2, 0) is 11.2 Å². The highest BCUT2D eigenvalue weighted by molar-refractivity contribution is 6.03. The van der Waals surface area contributed by atoms with Gasteiger partial charge in [-0.25, -0.2) is 4.98 Å². The number of H-pyrrole nitrogens is 1. The van der Waals surface area contributed by atoms with Gasteiger partial charge in [0.25, 0.3) is 11.7 Å². The lowest BCUT2D eigenvalue weighted by atomic mass is 10.1. The topological polar surface area (TPSA) is 50.9 Å². The fourth-order valence-corrected chi connectivity index (χ4v) is 3.31. The number of para-hydroxylation sites is 1. The Hall–Kier alpha value is -2.14. The van der Waals surface area contributed by atoms with Gasteiger partial charge in [-0.05, 0) is 26.0 Å². The van der Waals surface area contributed by atoms with Crippen LogP contribution in [0.5, 0.6) is 0 Å². The quantitative estimate of drug-likeness (QED) is 0.845. The summed E-state index contributed by atoms with van der Waals surface area (Å²) in [5.41, 5.74) is 3.26. The number of benzene rings is 1. The Morgan fingerprint density at radius 3 is 2.78 bits per heavy atom. The Balaban J connectivity index is 1.98. The second-order valence-electron chi connectivity index (χ2n) is 6.23. The second-order valence-corrected chi connectivity index (χ2v) is 6.23. The van der Waals surface area contributed by atoms with Gasteiger partial charge in [-0.15, -0.1) is 0 Å². The smallest absolute Gasteiger partial charge is 0.280 e. The van der Waals surface area contributed by atoms with Crippen LogP contribution in [0.25, 0.3) is 10.9 Å². The number of fused-ring (bicyclic) bond motifs is 2. The van der Waals surface area contributed by atoms with Crippen LogP contribution in [-0.4, -0.2) is 39.1 Å². The molecule has 0 aliphatic carbocycles. The van der Waals surface area contributed by atoms with Crippen molar-refractivity contribution in [2.75, 3.05) is 43.4 Å². The molecule has 0 spiro atoms. The maximum atomic E-state index is 12.5. The first kappa shape index (κ1) is 15.7. The average molecular weight is 314 g/mol. The molecule has 2 heterocycles. The summed E-state index contributed by atoms with van der Waals surface area (Å²) in [7, 11) is 2.09. The van der Waals surface area contributed by atoms with Gasteiger partial charge in [0.15, 0.2) is 6.54 Å². The Morgan fingerprint density at radius 1 is 1.30 bits per heavy atom. The van der Waals surface area contributed by atoms with Gasteiger partial charge >= 0.3 is 0 Å². The minimum atomic E-state index is 0.0943. The number of quaternary nitrogens is 1. The molecule has 0 fully saturated rings. The molecule has 1 aliphatic heterocycles. The summed E-state index contributed by atoms with van der Waals surface area (Å²) >= 11 is 0. The molecule has 2 aromatic rings. The van der Waals surface area contributed by atoms with Gasteiger partial charge in [0, 0.05) is 11.8 Å². The minimum Gasteiger partial charge on any atom is -0.328 e. The molecule has 122 valence electrons. The number of hydrogen-bond donors (Lipinski definition) is 2. The van der Waals surface area contributed by atoms with Gasteiger partial charge in [0.1, 0.15) is 5.52 Å². The van der Waals surface area contributed by atoms with Crippen molar-refractivity contribution in [3.8, 4) is 0 Å². The highest BCUT2D eigenvalue weighted by Gasteiger charge is 2.30. The van der Waals surface area contributed by atoms with E-state index in [-0.39, 0.29) is 5.91 Å². The van der Waals surface area contributed by atoms with E-state index in [1.807, 2.05) is 12.1 Å². The molecule has 3 rings (SSSR count). The number of anilines is 2. The van der Waals surface area contributed by atoms with Crippen LogP contribution in [0.2, 0.25) is 0 Å². The molecule has 1 amide bonds. The molecule has 0 unspecified atom stereocenters. The summed E-state index contributed by atoms with van der Waals surface area (Å²) < 4.78 is 0. The lowest BCUT2D eigenvalue weighted by Crippen LogP contribution is -3.12. The highest BCUT2D eigenvalue weighted by atomic mass is 16.2. The zero-order valence-electron chi connectivity index (χ0n) is 14.2. The van der Waals surface area contributed by atoms with Crippen LogP contribution < -0.4 is 20.1 Å². The lowest BCUT2D eigenvalue weighted by Gasteiger charge is -2.16. The zero-order chi connectivity index (χ0) is 16.4. The number of aromatic amines is 1. The number of carbonyl (C=O) groups excluding carboxylic acids is 1. The maximum absolute atomic E-state index is 12.5. The normalized spacial score (nSPS) is 13.7. The van der Waals surface area contributed by atoms with Crippen LogP contribution in [0.1, 0.15) is 19.4 Å². The highest BCUT2D eigenvalue weighted by Crippen LogP contribution is 2.34. The molecular weight excluding hydrogens is 288 g/mol. The molecule has 1 aromatic carbocycles. The average Bonchev–Trinajstić information content (AvgIpc) is 2.93. The second kappa shape index (κ2) is 6.54. The van der Waals surface area contributed by atoms with Gasteiger partial charge in [-0.1, -0.05) is 12.1 Å². The molecule has 23 heavy (non-hydrogen) atoms. The van der Waals surface area contributed by atoms with Crippen molar-refractivity contribution in [1.82, 2.24) is 0 Å². The molecule has 0 radical (unpaired) electrons. The van der Waals surface area contributed by atoms with Gasteiger partial charge in [0.05, 0.1) is 37.9 Å². The van der Waals surface area contributed by atoms with E-state index in [1.165, 1.54) is 10.5 Å². The van der Waals surface area contributed by atoms with Crippen molar-refractivity contribution in [3.63, 3.8) is 0 Å². The first-order valence-corrected chi connectivity index (χ1v) is 8.45. The van der Waals surface area contributed by atoms with E-state index in [0.717, 1.165) is 48.5 Å². The van der Waals surface area contributed by atoms with Gasteiger partial charge in [0.2, 0.25) is 0 Å². The van der Waals surface area contributed by atoms with Crippen LogP contribution in [0, 0.1) is 0 Å².